The van der Waals surface area contributed by atoms with E-state index >= 15 is 0 Å². The van der Waals surface area contributed by atoms with Crippen molar-refractivity contribution in [3.8, 4) is 0 Å². The van der Waals surface area contributed by atoms with Gasteiger partial charge in [0.05, 0.1) is 12.2 Å². The van der Waals surface area contributed by atoms with Crippen LogP contribution in [0.1, 0.15) is 56.4 Å². The fraction of sp³-hybridized carbons (Fsp3) is 0.381. The summed E-state index contributed by atoms with van der Waals surface area (Å²) in [6, 6.07) is 13.9. The Hall–Kier alpha value is -1.91. The molecule has 3 atom stereocenters. The minimum atomic E-state index is -0.436. The van der Waals surface area contributed by atoms with Gasteiger partial charge in [0, 0.05) is 29.8 Å². The van der Waals surface area contributed by atoms with Gasteiger partial charge < -0.3 is 10.1 Å². The number of halogens is 2. The predicted octanol–water partition coefficient (Wildman–Crippen LogP) is 5.36. The highest BCUT2D eigenvalue weighted by atomic mass is 35.5. The van der Waals surface area contributed by atoms with Gasteiger partial charge in [-0.05, 0) is 36.2 Å². The Kier molecular flexibility index (Phi) is 5.64. The number of carbonyl (C=O) groups excluding carboxylic acids is 1. The van der Waals surface area contributed by atoms with Gasteiger partial charge >= 0.3 is 0 Å². The molecule has 3 rings (SSSR count). The van der Waals surface area contributed by atoms with E-state index in [9.17, 15) is 9.18 Å². The molecule has 1 N–H and O–H groups in total. The number of nitrogens with one attached hydrogen (secondary N) is 1. The minimum Gasteiger partial charge on any atom is -0.365 e. The molecule has 2 aromatic carbocycles. The third-order valence-electron chi connectivity index (χ3n) is 4.86. The fourth-order valence-corrected chi connectivity index (χ4v) is 3.77. The first kappa shape index (κ1) is 18.9. The summed E-state index contributed by atoms with van der Waals surface area (Å²) in [5.74, 6) is -0.278. The maximum Gasteiger partial charge on any atom is 0.220 e. The van der Waals surface area contributed by atoms with Gasteiger partial charge in [-0.25, -0.2) is 4.39 Å². The molecule has 1 aliphatic heterocycles. The molecule has 0 aromatic heterocycles. The third kappa shape index (κ3) is 4.25. The summed E-state index contributed by atoms with van der Waals surface area (Å²) in [4.78, 5) is 12.1. The van der Waals surface area contributed by atoms with E-state index in [1.807, 2.05) is 38.1 Å². The quantitative estimate of drug-likeness (QED) is 0.781. The van der Waals surface area contributed by atoms with E-state index in [0.717, 1.165) is 11.1 Å². The molecule has 138 valence electrons. The van der Waals surface area contributed by atoms with Crippen LogP contribution in [0.5, 0.6) is 0 Å². The van der Waals surface area contributed by atoms with Gasteiger partial charge in [-0.3, -0.25) is 4.79 Å². The molecule has 0 bridgehead atoms. The average Bonchev–Trinajstić information content (AvgIpc) is 2.61. The van der Waals surface area contributed by atoms with Gasteiger partial charge in [-0.15, -0.1) is 0 Å². The fourth-order valence-electron chi connectivity index (χ4n) is 3.52. The summed E-state index contributed by atoms with van der Waals surface area (Å²) in [5, 5.41) is 3.78. The van der Waals surface area contributed by atoms with Crippen LogP contribution in [-0.2, 0) is 9.53 Å². The highest BCUT2D eigenvalue weighted by Crippen LogP contribution is 2.45. The smallest absolute Gasteiger partial charge is 0.220 e. The zero-order chi connectivity index (χ0) is 18.7. The van der Waals surface area contributed by atoms with Crippen molar-refractivity contribution in [1.82, 2.24) is 5.32 Å². The number of rotatable bonds is 4. The van der Waals surface area contributed by atoms with E-state index in [1.165, 1.54) is 12.1 Å². The van der Waals surface area contributed by atoms with E-state index in [1.54, 1.807) is 12.1 Å². The number of amides is 1. The molecule has 0 aliphatic carbocycles. The zero-order valence-electron chi connectivity index (χ0n) is 15.0. The predicted molar refractivity (Wildman–Crippen MR) is 100 cm³/mol. The molecule has 0 spiro atoms. The van der Waals surface area contributed by atoms with Gasteiger partial charge in [0.2, 0.25) is 5.91 Å². The maximum absolute atomic E-state index is 13.3. The zero-order valence-corrected chi connectivity index (χ0v) is 15.7. The van der Waals surface area contributed by atoms with E-state index < -0.39 is 5.54 Å². The van der Waals surface area contributed by atoms with E-state index in [0.29, 0.717) is 24.3 Å². The summed E-state index contributed by atoms with van der Waals surface area (Å²) in [6.07, 6.45) is 1.15. The Balaban J connectivity index is 1.94. The molecule has 3 nitrogen and oxygen atoms in total. The average molecular weight is 376 g/mol. The summed E-state index contributed by atoms with van der Waals surface area (Å²) in [7, 11) is 0. The first-order chi connectivity index (χ1) is 12.4. The van der Waals surface area contributed by atoms with Crippen LogP contribution in [0.2, 0.25) is 5.02 Å². The lowest BCUT2D eigenvalue weighted by Crippen LogP contribution is -2.50. The highest BCUT2D eigenvalue weighted by Gasteiger charge is 2.40. The van der Waals surface area contributed by atoms with Crippen LogP contribution in [0, 0.1) is 5.82 Å². The molecule has 0 unspecified atom stereocenters. The summed E-state index contributed by atoms with van der Waals surface area (Å²) < 4.78 is 19.6. The molecule has 5 heteroatoms. The number of carbonyl (C=O) groups is 1. The SMILES string of the molecule is CCC(=O)N[C@@]1(C)C[C@@H](c2ccc(F)cc2)O[C@@H](c2ccccc2Cl)C1. The molecular weight excluding hydrogens is 353 g/mol. The second-order valence-electron chi connectivity index (χ2n) is 7.06. The molecule has 26 heavy (non-hydrogen) atoms. The van der Waals surface area contributed by atoms with Gasteiger partial charge in [0.25, 0.3) is 0 Å². The van der Waals surface area contributed by atoms with Crippen molar-refractivity contribution in [2.24, 2.45) is 0 Å². The Morgan fingerprint density at radius 2 is 1.85 bits per heavy atom. The van der Waals surface area contributed by atoms with Crippen LogP contribution in [0.3, 0.4) is 0 Å². The summed E-state index contributed by atoms with van der Waals surface area (Å²) in [6.45, 7) is 3.87. The van der Waals surface area contributed by atoms with Crippen molar-refractivity contribution >= 4 is 17.5 Å². The van der Waals surface area contributed by atoms with Gasteiger partial charge in [-0.1, -0.05) is 48.9 Å². The van der Waals surface area contributed by atoms with E-state index in [2.05, 4.69) is 5.32 Å². The van der Waals surface area contributed by atoms with Crippen molar-refractivity contribution in [3.63, 3.8) is 0 Å². The lowest BCUT2D eigenvalue weighted by Gasteiger charge is -2.43. The van der Waals surface area contributed by atoms with Crippen molar-refractivity contribution in [2.75, 3.05) is 0 Å². The number of hydrogen-bond donors (Lipinski definition) is 1. The molecular formula is C21H23ClFNO2. The van der Waals surface area contributed by atoms with Gasteiger partial charge in [0.15, 0.2) is 0 Å². The molecule has 1 heterocycles. The van der Waals surface area contributed by atoms with Crippen molar-refractivity contribution in [2.45, 2.75) is 50.9 Å². The molecule has 1 aliphatic rings. The molecule has 2 aromatic rings. The van der Waals surface area contributed by atoms with Crippen LogP contribution in [0.25, 0.3) is 0 Å². The van der Waals surface area contributed by atoms with Gasteiger partial charge in [-0.2, -0.15) is 0 Å². The van der Waals surface area contributed by atoms with E-state index in [-0.39, 0.29) is 23.9 Å². The van der Waals surface area contributed by atoms with E-state index in [4.69, 9.17) is 16.3 Å². The molecule has 1 amide bonds. The van der Waals surface area contributed by atoms with Crippen LogP contribution in [0.4, 0.5) is 4.39 Å². The Bertz CT molecular complexity index is 780. The second-order valence-corrected chi connectivity index (χ2v) is 7.46. The summed E-state index contributed by atoms with van der Waals surface area (Å²) in [5.41, 5.74) is 1.35. The monoisotopic (exact) mass is 375 g/mol. The van der Waals surface area contributed by atoms with Gasteiger partial charge in [0.1, 0.15) is 5.82 Å². The van der Waals surface area contributed by atoms with Crippen LogP contribution < -0.4 is 5.32 Å². The van der Waals surface area contributed by atoms with Crippen LogP contribution >= 0.6 is 11.6 Å². The minimum absolute atomic E-state index is 0.00478. The number of ether oxygens (including phenoxy) is 1. The van der Waals surface area contributed by atoms with Crippen molar-refractivity contribution in [3.05, 3.63) is 70.5 Å². The second kappa shape index (κ2) is 7.77. The van der Waals surface area contributed by atoms with Crippen molar-refractivity contribution in [1.29, 1.82) is 0 Å². The molecule has 0 radical (unpaired) electrons. The number of hydrogen-bond acceptors (Lipinski definition) is 2. The normalized spacial score (nSPS) is 25.7. The molecule has 1 saturated heterocycles. The summed E-state index contributed by atoms with van der Waals surface area (Å²) >= 11 is 6.38. The standard InChI is InChI=1S/C21H23ClFNO2/c1-3-20(25)24-21(2)12-18(14-8-10-15(23)11-9-14)26-19(13-21)16-6-4-5-7-17(16)22/h4-11,18-19H,3,12-13H2,1-2H3,(H,24,25)/t18-,19+,21-/m0/s1. The highest BCUT2D eigenvalue weighted by molar-refractivity contribution is 6.31. The first-order valence-electron chi connectivity index (χ1n) is 8.86. The molecule has 0 saturated carbocycles. The maximum atomic E-state index is 13.3. The molecule has 1 fully saturated rings. The lowest BCUT2D eigenvalue weighted by molar-refractivity contribution is -0.128. The Labute approximate surface area is 158 Å². The van der Waals surface area contributed by atoms with Crippen LogP contribution in [0.15, 0.2) is 48.5 Å². The third-order valence-corrected chi connectivity index (χ3v) is 5.20. The number of benzene rings is 2. The van der Waals surface area contributed by atoms with Crippen molar-refractivity contribution < 1.29 is 13.9 Å². The Morgan fingerprint density at radius 1 is 1.19 bits per heavy atom. The first-order valence-corrected chi connectivity index (χ1v) is 9.24. The topological polar surface area (TPSA) is 38.3 Å². The Morgan fingerprint density at radius 3 is 2.50 bits per heavy atom. The van der Waals surface area contributed by atoms with Crippen LogP contribution in [-0.4, -0.2) is 11.4 Å². The lowest BCUT2D eigenvalue weighted by atomic mass is 9.81. The largest absolute Gasteiger partial charge is 0.365 e.